The minimum absolute atomic E-state index is 0.204. The molecular formula is C22H22N2O2. The fourth-order valence-corrected chi connectivity index (χ4v) is 3.94. The molecule has 0 saturated carbocycles. The van der Waals surface area contributed by atoms with Gasteiger partial charge in [-0.15, -0.1) is 0 Å². The van der Waals surface area contributed by atoms with Gasteiger partial charge in [0.25, 0.3) is 11.8 Å². The second-order valence-electron chi connectivity index (χ2n) is 7.15. The van der Waals surface area contributed by atoms with E-state index in [2.05, 4.69) is 23.1 Å². The van der Waals surface area contributed by atoms with Gasteiger partial charge in [-0.3, -0.25) is 14.5 Å². The molecule has 4 heteroatoms. The summed E-state index contributed by atoms with van der Waals surface area (Å²) in [5, 5.41) is 0. The fourth-order valence-electron chi connectivity index (χ4n) is 3.94. The summed E-state index contributed by atoms with van der Waals surface area (Å²) in [6.07, 6.45) is 0.880. The Balaban J connectivity index is 1.84. The van der Waals surface area contributed by atoms with Gasteiger partial charge in [0.2, 0.25) is 0 Å². The summed E-state index contributed by atoms with van der Waals surface area (Å²) in [5.41, 5.74) is 6.64. The van der Waals surface area contributed by atoms with Gasteiger partial charge in [0, 0.05) is 20.1 Å². The van der Waals surface area contributed by atoms with Crippen LogP contribution in [0, 0.1) is 13.8 Å². The summed E-state index contributed by atoms with van der Waals surface area (Å²) in [4.78, 5) is 29.1. The van der Waals surface area contributed by atoms with Crippen molar-refractivity contribution in [3.05, 3.63) is 76.0 Å². The number of aryl methyl sites for hydroxylation is 2. The van der Waals surface area contributed by atoms with Gasteiger partial charge in [0.05, 0.1) is 5.57 Å². The third-order valence-corrected chi connectivity index (χ3v) is 5.36. The molecule has 2 aliphatic heterocycles. The van der Waals surface area contributed by atoms with E-state index in [0.717, 1.165) is 29.7 Å². The first-order chi connectivity index (χ1) is 12.5. The van der Waals surface area contributed by atoms with Crippen LogP contribution in [-0.2, 0) is 22.6 Å². The van der Waals surface area contributed by atoms with Crippen molar-refractivity contribution >= 4 is 17.4 Å². The number of rotatable bonds is 2. The highest BCUT2D eigenvalue weighted by atomic mass is 16.2. The predicted molar refractivity (Wildman–Crippen MR) is 101 cm³/mol. The number of hydrogen-bond acceptors (Lipinski definition) is 3. The zero-order chi connectivity index (χ0) is 18.4. The molecule has 0 saturated heterocycles. The highest BCUT2D eigenvalue weighted by molar-refractivity contribution is 6.35. The highest BCUT2D eigenvalue weighted by Gasteiger charge is 2.40. The SMILES string of the molecule is Cc1ccc(C2=C(N3CCc4ccccc4C3)C(=O)N(C)C2=O)c(C)c1. The van der Waals surface area contributed by atoms with Crippen molar-refractivity contribution in [3.8, 4) is 0 Å². The smallest absolute Gasteiger partial charge is 0.277 e. The van der Waals surface area contributed by atoms with Gasteiger partial charge in [0.1, 0.15) is 5.70 Å². The number of imide groups is 1. The van der Waals surface area contributed by atoms with E-state index in [0.29, 0.717) is 17.8 Å². The van der Waals surface area contributed by atoms with Crippen molar-refractivity contribution in [2.45, 2.75) is 26.8 Å². The molecule has 0 fully saturated rings. The Morgan fingerprint density at radius 1 is 0.923 bits per heavy atom. The molecule has 0 aliphatic carbocycles. The maximum Gasteiger partial charge on any atom is 0.277 e. The standard InChI is InChI=1S/C22H22N2O2/c1-14-8-9-18(15(2)12-14)19-20(22(26)23(3)21(19)25)24-11-10-16-6-4-5-7-17(16)13-24/h4-9,12H,10-11,13H2,1-3H3. The Morgan fingerprint density at radius 3 is 2.38 bits per heavy atom. The van der Waals surface area contributed by atoms with E-state index >= 15 is 0 Å². The van der Waals surface area contributed by atoms with Crippen LogP contribution in [0.4, 0.5) is 0 Å². The zero-order valence-corrected chi connectivity index (χ0v) is 15.4. The van der Waals surface area contributed by atoms with E-state index in [1.807, 2.05) is 38.1 Å². The van der Waals surface area contributed by atoms with Crippen molar-refractivity contribution in [1.29, 1.82) is 0 Å². The molecule has 2 aliphatic rings. The topological polar surface area (TPSA) is 40.6 Å². The van der Waals surface area contributed by atoms with Gasteiger partial charge in [-0.25, -0.2) is 0 Å². The molecule has 0 unspecified atom stereocenters. The van der Waals surface area contributed by atoms with Crippen LogP contribution < -0.4 is 0 Å². The number of amides is 2. The van der Waals surface area contributed by atoms with Gasteiger partial charge in [-0.1, -0.05) is 48.0 Å². The number of likely N-dealkylation sites (N-methyl/N-ethyl adjacent to an activating group) is 1. The third-order valence-electron chi connectivity index (χ3n) is 5.36. The first-order valence-electron chi connectivity index (χ1n) is 8.93. The highest BCUT2D eigenvalue weighted by Crippen LogP contribution is 2.35. The van der Waals surface area contributed by atoms with Crippen molar-refractivity contribution in [3.63, 3.8) is 0 Å². The molecule has 0 atom stereocenters. The first-order valence-corrected chi connectivity index (χ1v) is 8.93. The number of fused-ring (bicyclic) bond motifs is 1. The lowest BCUT2D eigenvalue weighted by atomic mass is 9.95. The van der Waals surface area contributed by atoms with Crippen molar-refractivity contribution < 1.29 is 9.59 Å². The van der Waals surface area contributed by atoms with Gasteiger partial charge < -0.3 is 4.90 Å². The van der Waals surface area contributed by atoms with Gasteiger partial charge in [-0.2, -0.15) is 0 Å². The Hall–Kier alpha value is -2.88. The average molecular weight is 346 g/mol. The van der Waals surface area contributed by atoms with E-state index in [1.165, 1.54) is 16.0 Å². The molecule has 0 bridgehead atoms. The fraction of sp³-hybridized carbons (Fsp3) is 0.273. The Morgan fingerprint density at radius 2 is 1.65 bits per heavy atom. The monoisotopic (exact) mass is 346 g/mol. The summed E-state index contributed by atoms with van der Waals surface area (Å²) in [5.74, 6) is -0.417. The molecule has 2 amide bonds. The summed E-state index contributed by atoms with van der Waals surface area (Å²) >= 11 is 0. The molecule has 0 spiro atoms. The zero-order valence-electron chi connectivity index (χ0n) is 15.4. The molecular weight excluding hydrogens is 324 g/mol. The number of nitrogens with zero attached hydrogens (tertiary/aromatic N) is 2. The van der Waals surface area contributed by atoms with Gasteiger partial charge >= 0.3 is 0 Å². The van der Waals surface area contributed by atoms with Crippen LogP contribution in [0.1, 0.15) is 27.8 Å². The number of benzene rings is 2. The molecule has 0 aromatic heterocycles. The maximum absolute atomic E-state index is 12.9. The minimum atomic E-state index is -0.212. The van der Waals surface area contributed by atoms with E-state index in [1.54, 1.807) is 7.05 Å². The lowest BCUT2D eigenvalue weighted by Crippen LogP contribution is -2.35. The molecule has 0 radical (unpaired) electrons. The van der Waals surface area contributed by atoms with E-state index in [9.17, 15) is 9.59 Å². The summed E-state index contributed by atoms with van der Waals surface area (Å²) in [6.45, 7) is 5.43. The minimum Gasteiger partial charge on any atom is -0.362 e. The molecule has 132 valence electrons. The van der Waals surface area contributed by atoms with E-state index in [4.69, 9.17) is 0 Å². The molecule has 4 rings (SSSR count). The van der Waals surface area contributed by atoms with Gasteiger partial charge in [-0.05, 0) is 42.5 Å². The van der Waals surface area contributed by atoms with Crippen LogP contribution in [0.15, 0.2) is 48.2 Å². The van der Waals surface area contributed by atoms with Gasteiger partial charge in [0.15, 0.2) is 0 Å². The molecule has 2 aromatic rings. The second kappa shape index (κ2) is 6.13. The van der Waals surface area contributed by atoms with Crippen LogP contribution >= 0.6 is 0 Å². The van der Waals surface area contributed by atoms with Crippen LogP contribution in [0.5, 0.6) is 0 Å². The summed E-state index contributed by atoms with van der Waals surface area (Å²) in [7, 11) is 1.57. The van der Waals surface area contributed by atoms with Crippen LogP contribution in [0.3, 0.4) is 0 Å². The average Bonchev–Trinajstić information content (AvgIpc) is 2.85. The maximum atomic E-state index is 12.9. The van der Waals surface area contributed by atoms with Crippen LogP contribution in [-0.4, -0.2) is 35.2 Å². The molecule has 26 heavy (non-hydrogen) atoms. The molecule has 0 N–H and O–H groups in total. The van der Waals surface area contributed by atoms with E-state index < -0.39 is 0 Å². The Bertz CT molecular complexity index is 958. The summed E-state index contributed by atoms with van der Waals surface area (Å²) < 4.78 is 0. The quantitative estimate of drug-likeness (QED) is 0.785. The second-order valence-corrected chi connectivity index (χ2v) is 7.15. The third kappa shape index (κ3) is 2.53. The van der Waals surface area contributed by atoms with Crippen molar-refractivity contribution in [2.24, 2.45) is 0 Å². The first kappa shape index (κ1) is 16.6. The van der Waals surface area contributed by atoms with Crippen molar-refractivity contribution in [1.82, 2.24) is 9.80 Å². The van der Waals surface area contributed by atoms with Crippen LogP contribution in [0.25, 0.3) is 5.57 Å². The number of carbonyl (C=O) groups excluding carboxylic acids is 2. The van der Waals surface area contributed by atoms with Crippen LogP contribution in [0.2, 0.25) is 0 Å². The lowest BCUT2D eigenvalue weighted by molar-refractivity contribution is -0.136. The Kier molecular flexibility index (Phi) is 3.91. The lowest BCUT2D eigenvalue weighted by Gasteiger charge is -2.31. The Labute approximate surface area is 153 Å². The molecule has 4 nitrogen and oxygen atoms in total. The summed E-state index contributed by atoms with van der Waals surface area (Å²) in [6, 6.07) is 14.3. The van der Waals surface area contributed by atoms with E-state index in [-0.39, 0.29) is 11.8 Å². The normalized spacial score (nSPS) is 17.2. The molecule has 2 heterocycles. The molecule has 2 aromatic carbocycles. The predicted octanol–water partition coefficient (Wildman–Crippen LogP) is 3.07. The number of hydrogen-bond donors (Lipinski definition) is 0. The van der Waals surface area contributed by atoms with Crippen molar-refractivity contribution in [2.75, 3.05) is 13.6 Å². The number of carbonyl (C=O) groups is 2. The largest absolute Gasteiger partial charge is 0.362 e.